The summed E-state index contributed by atoms with van der Waals surface area (Å²) in [7, 11) is 1.60. The quantitative estimate of drug-likeness (QED) is 0.258. The first-order valence-corrected chi connectivity index (χ1v) is 13.7. The summed E-state index contributed by atoms with van der Waals surface area (Å²) >= 11 is 5.94. The van der Waals surface area contributed by atoms with Gasteiger partial charge in [-0.1, -0.05) is 26.8 Å². The maximum atomic E-state index is 12.7. The summed E-state index contributed by atoms with van der Waals surface area (Å²) in [4.78, 5) is 19.5. The second-order valence-electron chi connectivity index (χ2n) is 11.1. The molecule has 1 fully saturated rings. The van der Waals surface area contributed by atoms with Crippen molar-refractivity contribution in [1.82, 2.24) is 14.9 Å². The fourth-order valence-electron chi connectivity index (χ4n) is 5.12. The molecule has 208 valence electrons. The van der Waals surface area contributed by atoms with Gasteiger partial charge in [0.15, 0.2) is 5.11 Å². The highest BCUT2D eigenvalue weighted by atomic mass is 32.1. The molecule has 4 aromatic rings. The minimum Gasteiger partial charge on any atom is -0.494 e. The number of benzene rings is 1. The number of carbonyl (C=O) groups excluding carboxylic acids is 1. The molecule has 0 unspecified atom stereocenters. The lowest BCUT2D eigenvalue weighted by molar-refractivity contribution is -0.123. The number of thiocarbonyl (C=S) groups is 1. The predicted molar refractivity (Wildman–Crippen MR) is 161 cm³/mol. The number of ether oxygens (including phenoxy) is 1. The van der Waals surface area contributed by atoms with Crippen molar-refractivity contribution in [3.8, 4) is 5.75 Å². The molecule has 1 amide bonds. The van der Waals surface area contributed by atoms with E-state index in [1.807, 2.05) is 69.3 Å². The van der Waals surface area contributed by atoms with Gasteiger partial charge in [0.25, 0.3) is 0 Å². The van der Waals surface area contributed by atoms with Crippen molar-refractivity contribution in [2.45, 2.75) is 53.2 Å². The van der Waals surface area contributed by atoms with E-state index in [9.17, 15) is 4.79 Å². The number of furan rings is 1. The third kappa shape index (κ3) is 5.21. The van der Waals surface area contributed by atoms with Gasteiger partial charge < -0.3 is 29.3 Å². The Morgan fingerprint density at radius 1 is 1.15 bits per heavy atom. The molecular weight excluding hydrogens is 522 g/mol. The number of hydrogen-bond donors (Lipinski definition) is 2. The number of carbonyl (C=O) groups is 1. The predicted octanol–water partition coefficient (Wildman–Crippen LogP) is 6.31. The van der Waals surface area contributed by atoms with Crippen LogP contribution in [0.4, 0.5) is 11.4 Å². The normalized spacial score (nSPS) is 17.1. The molecule has 0 aliphatic carbocycles. The van der Waals surface area contributed by atoms with Gasteiger partial charge in [0.1, 0.15) is 11.5 Å². The van der Waals surface area contributed by atoms with Gasteiger partial charge in [-0.15, -0.1) is 0 Å². The van der Waals surface area contributed by atoms with Gasteiger partial charge in [0.05, 0.1) is 43.4 Å². The van der Waals surface area contributed by atoms with Gasteiger partial charge in [0.2, 0.25) is 5.91 Å². The summed E-state index contributed by atoms with van der Waals surface area (Å²) in [6, 6.07) is 17.4. The van der Waals surface area contributed by atoms with E-state index in [0.717, 1.165) is 34.1 Å². The number of amides is 1. The number of aromatic nitrogens is 2. The molecule has 1 aromatic carbocycles. The molecule has 0 radical (unpaired) electrons. The standard InChI is InChI=1S/C31H35N5O3S/c1-19-16-23(20(2)35(19)18-22-10-9-15-39-22)28-27(25-11-7-8-14-32-25)34-30(40)36(28)21-12-13-24(26(17-21)38-6)33-29(37)31(3,4)5/h7-17,27-28H,18H2,1-6H3,(H,33,37)(H,34,40)/t27-,28+/m1/s1. The molecule has 0 bridgehead atoms. The Bertz CT molecular complexity index is 1520. The Morgan fingerprint density at radius 2 is 1.95 bits per heavy atom. The molecule has 5 rings (SSSR count). The molecule has 9 heteroatoms. The van der Waals surface area contributed by atoms with Crippen molar-refractivity contribution in [2.24, 2.45) is 5.41 Å². The second-order valence-corrected chi connectivity index (χ2v) is 11.5. The van der Waals surface area contributed by atoms with E-state index in [1.54, 1.807) is 19.6 Å². The van der Waals surface area contributed by atoms with E-state index in [0.29, 0.717) is 23.1 Å². The van der Waals surface area contributed by atoms with Gasteiger partial charge in [-0.3, -0.25) is 9.78 Å². The molecular formula is C31H35N5O3S. The van der Waals surface area contributed by atoms with E-state index in [1.165, 1.54) is 0 Å². The lowest BCUT2D eigenvalue weighted by Crippen LogP contribution is -2.30. The molecule has 1 aliphatic rings. The maximum Gasteiger partial charge on any atom is 0.229 e. The van der Waals surface area contributed by atoms with Crippen LogP contribution in [0.5, 0.6) is 5.75 Å². The Morgan fingerprint density at radius 3 is 2.60 bits per heavy atom. The first kappa shape index (κ1) is 27.5. The first-order chi connectivity index (χ1) is 19.1. The highest BCUT2D eigenvalue weighted by Crippen LogP contribution is 2.45. The van der Waals surface area contributed by atoms with Crippen LogP contribution in [0.2, 0.25) is 0 Å². The summed E-state index contributed by atoms with van der Waals surface area (Å²) in [6.07, 6.45) is 3.50. The second kappa shape index (κ2) is 10.8. The Labute approximate surface area is 240 Å². The van der Waals surface area contributed by atoms with Crippen LogP contribution >= 0.6 is 12.2 Å². The summed E-state index contributed by atoms with van der Waals surface area (Å²) in [5.41, 5.74) is 5.20. The SMILES string of the molecule is COc1cc(N2C(=S)N[C@H](c3ccccn3)[C@@H]2c2cc(C)n(Cc3ccco3)c2C)ccc1NC(=O)C(C)(C)C. The molecule has 4 heterocycles. The largest absolute Gasteiger partial charge is 0.494 e. The molecule has 3 aromatic heterocycles. The molecule has 2 N–H and O–H groups in total. The van der Waals surface area contributed by atoms with Crippen LogP contribution in [-0.2, 0) is 11.3 Å². The number of methoxy groups -OCH3 is 1. The van der Waals surface area contributed by atoms with Crippen molar-refractivity contribution in [2.75, 3.05) is 17.3 Å². The van der Waals surface area contributed by atoms with E-state index < -0.39 is 5.41 Å². The van der Waals surface area contributed by atoms with Crippen LogP contribution in [0.25, 0.3) is 0 Å². The smallest absolute Gasteiger partial charge is 0.229 e. The fourth-order valence-corrected chi connectivity index (χ4v) is 5.47. The summed E-state index contributed by atoms with van der Waals surface area (Å²) in [5.74, 6) is 1.36. The number of aryl methyl sites for hydroxylation is 1. The van der Waals surface area contributed by atoms with E-state index in [4.69, 9.17) is 21.4 Å². The third-order valence-electron chi connectivity index (χ3n) is 7.32. The van der Waals surface area contributed by atoms with Crippen LogP contribution in [0.15, 0.2) is 71.5 Å². The van der Waals surface area contributed by atoms with E-state index in [-0.39, 0.29) is 18.0 Å². The maximum absolute atomic E-state index is 12.7. The third-order valence-corrected chi connectivity index (χ3v) is 7.63. The average Bonchev–Trinajstić information content (AvgIpc) is 3.63. The fraction of sp³-hybridized carbons (Fsp3) is 0.323. The van der Waals surface area contributed by atoms with Crippen molar-refractivity contribution in [3.63, 3.8) is 0 Å². The van der Waals surface area contributed by atoms with Gasteiger partial charge in [-0.05, 0) is 74.1 Å². The van der Waals surface area contributed by atoms with Gasteiger partial charge in [-0.2, -0.15) is 0 Å². The Kier molecular flexibility index (Phi) is 7.42. The van der Waals surface area contributed by atoms with Crippen LogP contribution in [0.1, 0.15) is 61.3 Å². The molecule has 1 aliphatic heterocycles. The Hall–Kier alpha value is -4.11. The zero-order chi connectivity index (χ0) is 28.6. The minimum atomic E-state index is -0.538. The summed E-state index contributed by atoms with van der Waals surface area (Å²) in [5, 5.41) is 7.11. The number of nitrogens with zero attached hydrogens (tertiary/aromatic N) is 3. The molecule has 40 heavy (non-hydrogen) atoms. The molecule has 2 atom stereocenters. The van der Waals surface area contributed by atoms with Crippen LogP contribution in [0.3, 0.4) is 0 Å². The molecule has 0 spiro atoms. The molecule has 1 saturated heterocycles. The van der Waals surface area contributed by atoms with E-state index >= 15 is 0 Å². The summed E-state index contributed by atoms with van der Waals surface area (Å²) in [6.45, 7) is 10.5. The first-order valence-electron chi connectivity index (χ1n) is 13.3. The zero-order valence-corrected chi connectivity index (χ0v) is 24.5. The highest BCUT2D eigenvalue weighted by Gasteiger charge is 2.42. The number of hydrogen-bond acceptors (Lipinski definition) is 5. The number of nitrogens with one attached hydrogen (secondary N) is 2. The van der Waals surface area contributed by atoms with Crippen molar-refractivity contribution < 1.29 is 13.9 Å². The number of pyridine rings is 1. The lowest BCUT2D eigenvalue weighted by atomic mass is 9.95. The number of anilines is 2. The van der Waals surface area contributed by atoms with Gasteiger partial charge in [-0.25, -0.2) is 0 Å². The lowest BCUT2D eigenvalue weighted by Gasteiger charge is -2.29. The monoisotopic (exact) mass is 557 g/mol. The van der Waals surface area contributed by atoms with Crippen molar-refractivity contribution in [1.29, 1.82) is 0 Å². The minimum absolute atomic E-state index is 0.0889. The summed E-state index contributed by atoms with van der Waals surface area (Å²) < 4.78 is 13.6. The van der Waals surface area contributed by atoms with Crippen molar-refractivity contribution in [3.05, 3.63) is 95.5 Å². The zero-order valence-electron chi connectivity index (χ0n) is 23.7. The number of rotatable bonds is 7. The topological polar surface area (TPSA) is 84.6 Å². The Balaban J connectivity index is 1.59. The van der Waals surface area contributed by atoms with Crippen LogP contribution < -0.4 is 20.3 Å². The van der Waals surface area contributed by atoms with Crippen LogP contribution in [-0.4, -0.2) is 27.7 Å². The van der Waals surface area contributed by atoms with Gasteiger partial charge >= 0.3 is 0 Å². The van der Waals surface area contributed by atoms with E-state index in [2.05, 4.69) is 45.0 Å². The molecule has 8 nitrogen and oxygen atoms in total. The molecule has 0 saturated carbocycles. The average molecular weight is 558 g/mol. The van der Waals surface area contributed by atoms with Gasteiger partial charge in [0, 0.05) is 34.8 Å². The van der Waals surface area contributed by atoms with Crippen molar-refractivity contribution >= 4 is 34.6 Å². The highest BCUT2D eigenvalue weighted by molar-refractivity contribution is 7.80. The van der Waals surface area contributed by atoms with Crippen LogP contribution in [0, 0.1) is 19.3 Å².